The van der Waals surface area contributed by atoms with E-state index in [4.69, 9.17) is 39.5 Å². The summed E-state index contributed by atoms with van der Waals surface area (Å²) in [5, 5.41) is 0.00570. The highest BCUT2D eigenvalue weighted by Gasteiger charge is 2.22. The number of aryl methyl sites for hydroxylation is 3. The molecule has 2 aromatic heterocycles. The third-order valence-electron chi connectivity index (χ3n) is 4.93. The van der Waals surface area contributed by atoms with Crippen molar-refractivity contribution >= 4 is 46.6 Å². The van der Waals surface area contributed by atoms with E-state index in [1.54, 1.807) is 6.07 Å². The van der Waals surface area contributed by atoms with Crippen molar-refractivity contribution in [2.45, 2.75) is 27.7 Å². The Hall–Kier alpha value is -2.34. The lowest BCUT2D eigenvalue weighted by Crippen LogP contribution is -2.16. The number of aromatic nitrogens is 2. The van der Waals surface area contributed by atoms with Crippen LogP contribution in [0, 0.1) is 27.7 Å². The Balaban J connectivity index is 1.80. The number of Topliss-reactive ketones (excluding diaryl/α,β-unsaturated/α-hetero) is 1. The summed E-state index contributed by atoms with van der Waals surface area (Å²) in [6.07, 6.45) is 1.20. The van der Waals surface area contributed by atoms with Crippen LogP contribution in [-0.2, 0) is 4.74 Å². The van der Waals surface area contributed by atoms with Gasteiger partial charge in [0.15, 0.2) is 12.3 Å². The van der Waals surface area contributed by atoms with E-state index in [0.29, 0.717) is 5.56 Å². The van der Waals surface area contributed by atoms with Gasteiger partial charge >= 0.3 is 5.97 Å². The molecule has 0 aliphatic rings. The number of benzene rings is 1. The van der Waals surface area contributed by atoms with Crippen LogP contribution in [0.15, 0.2) is 30.5 Å². The number of hydrogen-bond acceptors (Lipinski definition) is 4. The Labute approximate surface area is 189 Å². The molecule has 0 atom stereocenters. The summed E-state index contributed by atoms with van der Waals surface area (Å²) in [6.45, 7) is 7.42. The smallest absolute Gasteiger partial charge is 0.358 e. The summed E-state index contributed by atoms with van der Waals surface area (Å²) in [6, 6.07) is 7.90. The average molecular weight is 466 g/mol. The highest BCUT2D eigenvalue weighted by Crippen LogP contribution is 2.31. The molecule has 1 aromatic carbocycles. The molecule has 0 amide bonds. The number of esters is 1. The van der Waals surface area contributed by atoms with Crippen LogP contribution in [0.5, 0.6) is 0 Å². The third kappa shape index (κ3) is 4.24. The number of ketones is 1. The number of carbonyl (C=O) groups is 2. The van der Waals surface area contributed by atoms with E-state index < -0.39 is 12.6 Å². The van der Waals surface area contributed by atoms with Gasteiger partial charge in [-0.15, -0.1) is 0 Å². The van der Waals surface area contributed by atoms with Gasteiger partial charge in [-0.25, -0.2) is 9.78 Å². The monoisotopic (exact) mass is 464 g/mol. The SMILES string of the molecule is Cc1ccc(-n2c(C)cc(C(=O)COC(=O)c3ncc(Cl)c(Cl)c3Cl)c2C)cc1C. The molecule has 2 heterocycles. The molecule has 0 bridgehead atoms. The number of ether oxygens (including phenoxy) is 1. The fourth-order valence-electron chi connectivity index (χ4n) is 3.17. The van der Waals surface area contributed by atoms with Crippen molar-refractivity contribution in [1.82, 2.24) is 9.55 Å². The molecule has 0 fully saturated rings. The van der Waals surface area contributed by atoms with Gasteiger partial charge in [0.05, 0.1) is 15.1 Å². The van der Waals surface area contributed by atoms with E-state index in [2.05, 4.69) is 11.1 Å². The molecule has 0 spiro atoms. The minimum atomic E-state index is -0.852. The minimum Gasteiger partial charge on any atom is -0.453 e. The Morgan fingerprint density at radius 1 is 1.00 bits per heavy atom. The minimum absolute atomic E-state index is 0.00328. The second-order valence-corrected chi connectivity index (χ2v) is 8.13. The number of halogens is 3. The largest absolute Gasteiger partial charge is 0.453 e. The van der Waals surface area contributed by atoms with Gasteiger partial charge in [-0.1, -0.05) is 40.9 Å². The number of hydrogen-bond donors (Lipinski definition) is 0. The zero-order chi connectivity index (χ0) is 22.2. The maximum atomic E-state index is 12.7. The first kappa shape index (κ1) is 22.3. The molecule has 0 unspecified atom stereocenters. The van der Waals surface area contributed by atoms with Crippen molar-refractivity contribution in [1.29, 1.82) is 0 Å². The average Bonchev–Trinajstić information content (AvgIpc) is 3.00. The summed E-state index contributed by atoms with van der Waals surface area (Å²) >= 11 is 17.7. The Kier molecular flexibility index (Phi) is 6.56. The van der Waals surface area contributed by atoms with Crippen LogP contribution in [0.2, 0.25) is 15.1 Å². The van der Waals surface area contributed by atoms with Crippen molar-refractivity contribution in [3.05, 3.63) is 79.3 Å². The fraction of sp³-hybridized carbons (Fsp3) is 0.227. The van der Waals surface area contributed by atoms with Gasteiger partial charge in [-0.05, 0) is 57.0 Å². The van der Waals surface area contributed by atoms with Gasteiger partial charge in [0.2, 0.25) is 5.78 Å². The first-order valence-electron chi connectivity index (χ1n) is 9.08. The molecule has 0 aliphatic carbocycles. The molecule has 0 N–H and O–H groups in total. The van der Waals surface area contributed by atoms with Crippen LogP contribution in [0.1, 0.15) is 43.4 Å². The predicted molar refractivity (Wildman–Crippen MR) is 119 cm³/mol. The van der Waals surface area contributed by atoms with Crippen LogP contribution < -0.4 is 0 Å². The second kappa shape index (κ2) is 8.80. The Bertz CT molecular complexity index is 1170. The lowest BCUT2D eigenvalue weighted by molar-refractivity contribution is 0.0469. The molecule has 0 aliphatic heterocycles. The van der Waals surface area contributed by atoms with Gasteiger partial charge in [-0.3, -0.25) is 4.79 Å². The predicted octanol–water partition coefficient (Wildman–Crippen LogP) is 6.11. The molecule has 0 saturated heterocycles. The maximum absolute atomic E-state index is 12.7. The number of pyridine rings is 1. The highest BCUT2D eigenvalue weighted by molar-refractivity contribution is 6.48. The van der Waals surface area contributed by atoms with Crippen LogP contribution in [0.4, 0.5) is 0 Å². The zero-order valence-corrected chi connectivity index (χ0v) is 19.1. The summed E-state index contributed by atoms with van der Waals surface area (Å²) in [4.78, 5) is 28.9. The van der Waals surface area contributed by atoms with Crippen molar-refractivity contribution in [2.75, 3.05) is 6.61 Å². The number of carbonyl (C=O) groups excluding carboxylic acids is 2. The standard InChI is InChI=1S/C22H19Cl3N2O3/c1-11-5-6-15(7-12(11)2)27-13(3)8-16(14(27)4)18(28)10-30-22(29)21-20(25)19(24)17(23)9-26-21/h5-9H,10H2,1-4H3. The van der Waals surface area contributed by atoms with E-state index in [-0.39, 0.29) is 26.5 Å². The van der Waals surface area contributed by atoms with Crippen LogP contribution >= 0.6 is 34.8 Å². The lowest BCUT2D eigenvalue weighted by Gasteiger charge is -2.12. The molecule has 3 rings (SSSR count). The van der Waals surface area contributed by atoms with Gasteiger partial charge in [0.25, 0.3) is 0 Å². The van der Waals surface area contributed by atoms with Crippen molar-refractivity contribution in [2.24, 2.45) is 0 Å². The maximum Gasteiger partial charge on any atom is 0.358 e. The molecule has 0 radical (unpaired) electrons. The van der Waals surface area contributed by atoms with Gasteiger partial charge in [0, 0.05) is 28.8 Å². The number of nitrogens with zero attached hydrogens (tertiary/aromatic N) is 2. The van der Waals surface area contributed by atoms with E-state index in [0.717, 1.165) is 22.6 Å². The van der Waals surface area contributed by atoms with E-state index in [1.807, 2.05) is 44.4 Å². The molecule has 3 aromatic rings. The zero-order valence-electron chi connectivity index (χ0n) is 16.8. The van der Waals surface area contributed by atoms with Gasteiger partial charge in [0.1, 0.15) is 0 Å². The van der Waals surface area contributed by atoms with Crippen molar-refractivity contribution in [3.63, 3.8) is 0 Å². The quantitative estimate of drug-likeness (QED) is 0.337. The van der Waals surface area contributed by atoms with Crippen molar-refractivity contribution < 1.29 is 14.3 Å². The number of rotatable bonds is 5. The molecule has 156 valence electrons. The lowest BCUT2D eigenvalue weighted by atomic mass is 10.1. The first-order valence-corrected chi connectivity index (χ1v) is 10.2. The normalized spacial score (nSPS) is 10.9. The molecule has 30 heavy (non-hydrogen) atoms. The van der Waals surface area contributed by atoms with E-state index in [9.17, 15) is 9.59 Å². The Morgan fingerprint density at radius 3 is 2.37 bits per heavy atom. The molecule has 8 heteroatoms. The topological polar surface area (TPSA) is 61.2 Å². The van der Waals surface area contributed by atoms with E-state index in [1.165, 1.54) is 11.8 Å². The molecular weight excluding hydrogens is 447 g/mol. The molecular formula is C22H19Cl3N2O3. The van der Waals surface area contributed by atoms with Gasteiger partial charge in [-0.2, -0.15) is 0 Å². The molecule has 0 saturated carbocycles. The highest BCUT2D eigenvalue weighted by atomic mass is 35.5. The fourth-order valence-corrected chi connectivity index (χ4v) is 3.73. The Morgan fingerprint density at radius 2 is 1.70 bits per heavy atom. The summed E-state index contributed by atoms with van der Waals surface area (Å²) in [7, 11) is 0. The molecule has 5 nitrogen and oxygen atoms in total. The van der Waals surface area contributed by atoms with Crippen molar-refractivity contribution in [3.8, 4) is 5.69 Å². The van der Waals surface area contributed by atoms with Crippen LogP contribution in [-0.4, -0.2) is 27.9 Å². The summed E-state index contributed by atoms with van der Waals surface area (Å²) < 4.78 is 7.12. The third-order valence-corrected chi connectivity index (χ3v) is 6.17. The first-order chi connectivity index (χ1) is 14.1. The summed E-state index contributed by atoms with van der Waals surface area (Å²) in [5.41, 5.74) is 5.27. The van der Waals surface area contributed by atoms with E-state index >= 15 is 0 Å². The van der Waals surface area contributed by atoms with Gasteiger partial charge < -0.3 is 9.30 Å². The second-order valence-electron chi connectivity index (χ2n) is 6.97. The summed E-state index contributed by atoms with van der Waals surface area (Å²) in [5.74, 6) is -1.18. The van der Waals surface area contributed by atoms with Crippen LogP contribution in [0.3, 0.4) is 0 Å². The van der Waals surface area contributed by atoms with Crippen LogP contribution in [0.25, 0.3) is 5.69 Å².